The van der Waals surface area contributed by atoms with Gasteiger partial charge in [-0.1, -0.05) is 65.8 Å². The standard InChI is InChI=1S/C28H32N2O4/c1-30(2)18-19-34-29-28(24-9-5-4-6-10-24)25-11-7-8-23(20-25)21-33-26-15-12-22(13-16-26)14-17-27(31)32-3/h4-13,15-16,20H,14,17-19,21H2,1-3H3. The molecule has 3 rings (SSSR count). The minimum Gasteiger partial charge on any atom is -0.489 e. The van der Waals surface area contributed by atoms with E-state index in [0.717, 1.165) is 40.3 Å². The number of esters is 1. The van der Waals surface area contributed by atoms with Crippen LogP contribution in [0.15, 0.2) is 84.0 Å². The molecule has 0 heterocycles. The zero-order valence-electron chi connectivity index (χ0n) is 20.1. The summed E-state index contributed by atoms with van der Waals surface area (Å²) >= 11 is 0. The number of ether oxygens (including phenoxy) is 2. The summed E-state index contributed by atoms with van der Waals surface area (Å²) in [6.45, 7) is 1.74. The van der Waals surface area contributed by atoms with Crippen molar-refractivity contribution in [2.75, 3.05) is 34.4 Å². The van der Waals surface area contributed by atoms with Gasteiger partial charge >= 0.3 is 5.97 Å². The number of nitrogens with zero attached hydrogens (tertiary/aromatic N) is 2. The van der Waals surface area contributed by atoms with Gasteiger partial charge in [-0.3, -0.25) is 4.79 Å². The summed E-state index contributed by atoms with van der Waals surface area (Å²) in [6, 6.07) is 26.0. The first kappa shape index (κ1) is 25.0. The Hall–Kier alpha value is -3.64. The Morgan fingerprint density at radius 3 is 2.32 bits per heavy atom. The molecule has 0 fully saturated rings. The van der Waals surface area contributed by atoms with Crippen molar-refractivity contribution in [1.82, 2.24) is 4.90 Å². The largest absolute Gasteiger partial charge is 0.489 e. The SMILES string of the molecule is COC(=O)CCc1ccc(OCc2cccc(C(=NOCCN(C)C)c3ccccc3)c2)cc1. The highest BCUT2D eigenvalue weighted by molar-refractivity contribution is 6.12. The molecule has 3 aromatic carbocycles. The Morgan fingerprint density at radius 1 is 0.882 bits per heavy atom. The molecule has 0 aliphatic carbocycles. The van der Waals surface area contributed by atoms with E-state index in [-0.39, 0.29) is 5.97 Å². The fourth-order valence-corrected chi connectivity index (χ4v) is 3.28. The summed E-state index contributed by atoms with van der Waals surface area (Å²) in [6.07, 6.45) is 1.01. The van der Waals surface area contributed by atoms with E-state index in [0.29, 0.717) is 26.1 Å². The van der Waals surface area contributed by atoms with Crippen molar-refractivity contribution < 1.29 is 19.1 Å². The van der Waals surface area contributed by atoms with Crippen molar-refractivity contribution >= 4 is 11.7 Å². The summed E-state index contributed by atoms with van der Waals surface area (Å²) in [5.74, 6) is 0.568. The zero-order chi connectivity index (χ0) is 24.2. The minimum atomic E-state index is -0.207. The van der Waals surface area contributed by atoms with Crippen LogP contribution in [-0.2, 0) is 27.4 Å². The third kappa shape index (κ3) is 8.05. The number of carbonyl (C=O) groups excluding carboxylic acids is 1. The first-order valence-electron chi connectivity index (χ1n) is 11.3. The topological polar surface area (TPSA) is 60.4 Å². The van der Waals surface area contributed by atoms with Crippen molar-refractivity contribution in [3.63, 3.8) is 0 Å². The molecule has 178 valence electrons. The predicted octanol–water partition coefficient (Wildman–Crippen LogP) is 4.70. The van der Waals surface area contributed by atoms with Crippen molar-refractivity contribution in [3.05, 3.63) is 101 Å². The second-order valence-electron chi connectivity index (χ2n) is 8.15. The van der Waals surface area contributed by atoms with Crippen molar-refractivity contribution in [2.45, 2.75) is 19.4 Å². The molecule has 0 aliphatic heterocycles. The van der Waals surface area contributed by atoms with E-state index in [1.807, 2.05) is 86.9 Å². The fourth-order valence-electron chi connectivity index (χ4n) is 3.28. The Labute approximate surface area is 201 Å². The van der Waals surface area contributed by atoms with Gasteiger partial charge in [0.05, 0.1) is 7.11 Å². The van der Waals surface area contributed by atoms with Crippen LogP contribution >= 0.6 is 0 Å². The number of aryl methyl sites for hydroxylation is 1. The number of hydrogen-bond acceptors (Lipinski definition) is 6. The molecule has 0 aromatic heterocycles. The van der Waals surface area contributed by atoms with Gasteiger partial charge in [0.25, 0.3) is 0 Å². The summed E-state index contributed by atoms with van der Waals surface area (Å²) in [5.41, 5.74) is 4.85. The van der Waals surface area contributed by atoms with E-state index in [1.54, 1.807) is 0 Å². The highest BCUT2D eigenvalue weighted by atomic mass is 16.6. The van der Waals surface area contributed by atoms with Crippen molar-refractivity contribution in [3.8, 4) is 5.75 Å². The lowest BCUT2D eigenvalue weighted by Gasteiger charge is -2.12. The van der Waals surface area contributed by atoms with E-state index in [1.165, 1.54) is 7.11 Å². The van der Waals surface area contributed by atoms with E-state index < -0.39 is 0 Å². The van der Waals surface area contributed by atoms with Crippen LogP contribution in [0.25, 0.3) is 0 Å². The van der Waals surface area contributed by atoms with Crippen LogP contribution < -0.4 is 4.74 Å². The molecule has 0 unspecified atom stereocenters. The fraction of sp³-hybridized carbons (Fsp3) is 0.286. The van der Waals surface area contributed by atoms with Gasteiger partial charge in [-0.25, -0.2) is 0 Å². The van der Waals surface area contributed by atoms with Gasteiger partial charge in [-0.2, -0.15) is 0 Å². The maximum absolute atomic E-state index is 11.3. The molecule has 3 aromatic rings. The maximum Gasteiger partial charge on any atom is 0.305 e. The first-order chi connectivity index (χ1) is 16.5. The average molecular weight is 461 g/mol. The van der Waals surface area contributed by atoms with E-state index in [2.05, 4.69) is 16.1 Å². The van der Waals surface area contributed by atoms with Gasteiger partial charge in [0, 0.05) is 24.1 Å². The quantitative estimate of drug-likeness (QED) is 0.170. The van der Waals surface area contributed by atoms with Gasteiger partial charge in [0.1, 0.15) is 24.7 Å². The van der Waals surface area contributed by atoms with Gasteiger partial charge in [0.2, 0.25) is 0 Å². The molecular weight excluding hydrogens is 428 g/mol. The van der Waals surface area contributed by atoms with Crippen LogP contribution in [-0.4, -0.2) is 50.9 Å². The Bertz CT molecular complexity index is 1060. The molecule has 6 heteroatoms. The molecule has 0 aliphatic rings. The zero-order valence-corrected chi connectivity index (χ0v) is 20.1. The molecule has 0 bridgehead atoms. The molecule has 0 atom stereocenters. The monoisotopic (exact) mass is 460 g/mol. The van der Waals surface area contributed by atoms with Crippen molar-refractivity contribution in [1.29, 1.82) is 0 Å². The molecule has 0 N–H and O–H groups in total. The summed E-state index contributed by atoms with van der Waals surface area (Å²) in [7, 11) is 5.41. The number of benzene rings is 3. The lowest BCUT2D eigenvalue weighted by molar-refractivity contribution is -0.140. The molecule has 0 spiro atoms. The number of methoxy groups -OCH3 is 1. The third-order valence-electron chi connectivity index (χ3n) is 5.21. The first-order valence-corrected chi connectivity index (χ1v) is 11.3. The second-order valence-corrected chi connectivity index (χ2v) is 8.15. The Morgan fingerprint density at radius 2 is 1.62 bits per heavy atom. The number of hydrogen-bond donors (Lipinski definition) is 0. The number of rotatable bonds is 12. The second kappa shape index (κ2) is 13.2. The summed E-state index contributed by atoms with van der Waals surface area (Å²) < 4.78 is 10.7. The minimum absolute atomic E-state index is 0.207. The van der Waals surface area contributed by atoms with Crippen molar-refractivity contribution in [2.24, 2.45) is 5.16 Å². The predicted molar refractivity (Wildman–Crippen MR) is 134 cm³/mol. The van der Waals surface area contributed by atoms with Crippen LogP contribution in [0, 0.1) is 0 Å². The lowest BCUT2D eigenvalue weighted by atomic mass is 10.0. The highest BCUT2D eigenvalue weighted by Crippen LogP contribution is 2.18. The third-order valence-corrected chi connectivity index (χ3v) is 5.21. The maximum atomic E-state index is 11.3. The molecule has 0 saturated carbocycles. The molecule has 0 radical (unpaired) electrons. The Kier molecular flexibility index (Phi) is 9.67. The molecule has 34 heavy (non-hydrogen) atoms. The molecule has 0 saturated heterocycles. The summed E-state index contributed by atoms with van der Waals surface area (Å²) in [5, 5.41) is 4.46. The van der Waals surface area contributed by atoms with Gasteiger partial charge in [-0.15, -0.1) is 0 Å². The van der Waals surface area contributed by atoms with Crippen LogP contribution in [0.4, 0.5) is 0 Å². The number of carbonyl (C=O) groups is 1. The van der Waals surface area contributed by atoms with E-state index in [9.17, 15) is 4.79 Å². The smallest absolute Gasteiger partial charge is 0.305 e. The molecule has 0 amide bonds. The average Bonchev–Trinajstić information content (AvgIpc) is 2.87. The van der Waals surface area contributed by atoms with Crippen LogP contribution in [0.5, 0.6) is 5.75 Å². The number of likely N-dealkylation sites (N-methyl/N-ethyl adjacent to an activating group) is 1. The van der Waals surface area contributed by atoms with Crippen LogP contribution in [0.2, 0.25) is 0 Å². The molecular formula is C28H32N2O4. The van der Waals surface area contributed by atoms with Crippen LogP contribution in [0.1, 0.15) is 28.7 Å². The lowest BCUT2D eigenvalue weighted by Crippen LogP contribution is -2.17. The van der Waals surface area contributed by atoms with Gasteiger partial charge in [-0.05, 0) is 49.8 Å². The Balaban J connectivity index is 1.67. The van der Waals surface area contributed by atoms with Gasteiger partial charge in [0.15, 0.2) is 0 Å². The normalized spacial score (nSPS) is 11.4. The molecule has 6 nitrogen and oxygen atoms in total. The van der Waals surface area contributed by atoms with E-state index in [4.69, 9.17) is 14.3 Å². The highest BCUT2D eigenvalue weighted by Gasteiger charge is 2.09. The van der Waals surface area contributed by atoms with Crippen LogP contribution in [0.3, 0.4) is 0 Å². The number of oxime groups is 1. The van der Waals surface area contributed by atoms with Gasteiger partial charge < -0.3 is 19.2 Å². The van der Waals surface area contributed by atoms with E-state index >= 15 is 0 Å². The summed E-state index contributed by atoms with van der Waals surface area (Å²) in [4.78, 5) is 19.0.